The van der Waals surface area contributed by atoms with Crippen molar-refractivity contribution in [3.63, 3.8) is 0 Å². The van der Waals surface area contributed by atoms with Gasteiger partial charge in [0.15, 0.2) is 0 Å². The van der Waals surface area contributed by atoms with E-state index in [-0.39, 0.29) is 0 Å². The largest absolute Gasteiger partial charge is 0.384 e. The zero-order chi connectivity index (χ0) is 11.1. The van der Waals surface area contributed by atoms with Gasteiger partial charge in [-0.25, -0.2) is 0 Å². The number of rotatable bonds is 1. The molecule has 2 heterocycles. The molecular formula is C12H12N4. The number of anilines is 1. The number of nitrogens with one attached hydrogen (secondary N) is 1. The standard InChI is InChI=1S/C12H12N4/c1-16-12(13)7-11(15-16)8-2-3-10-9(6-8)4-5-14-10/h2-7,14H,13H2,1H3. The fourth-order valence-electron chi connectivity index (χ4n) is 1.84. The number of nitrogen functional groups attached to an aromatic ring is 1. The maximum absolute atomic E-state index is 5.76. The van der Waals surface area contributed by atoms with Crippen molar-refractivity contribution in [2.75, 3.05) is 5.73 Å². The van der Waals surface area contributed by atoms with Crippen molar-refractivity contribution < 1.29 is 0 Å². The predicted molar refractivity (Wildman–Crippen MR) is 64.9 cm³/mol. The van der Waals surface area contributed by atoms with Gasteiger partial charge in [-0.2, -0.15) is 5.10 Å². The number of nitrogens with zero attached hydrogens (tertiary/aromatic N) is 2. The van der Waals surface area contributed by atoms with Gasteiger partial charge in [-0.05, 0) is 18.2 Å². The highest BCUT2D eigenvalue weighted by atomic mass is 15.3. The molecule has 3 N–H and O–H groups in total. The highest BCUT2D eigenvalue weighted by Gasteiger charge is 2.05. The molecule has 0 spiro atoms. The zero-order valence-electron chi connectivity index (χ0n) is 8.94. The summed E-state index contributed by atoms with van der Waals surface area (Å²) in [5.74, 6) is 0.671. The van der Waals surface area contributed by atoms with Crippen molar-refractivity contribution in [2.24, 2.45) is 7.05 Å². The molecule has 4 nitrogen and oxygen atoms in total. The number of H-pyrrole nitrogens is 1. The van der Waals surface area contributed by atoms with E-state index in [1.54, 1.807) is 4.68 Å². The van der Waals surface area contributed by atoms with E-state index in [4.69, 9.17) is 5.73 Å². The fourth-order valence-corrected chi connectivity index (χ4v) is 1.84. The molecule has 0 amide bonds. The summed E-state index contributed by atoms with van der Waals surface area (Å²) in [6.07, 6.45) is 1.93. The Balaban J connectivity index is 2.17. The van der Waals surface area contributed by atoms with E-state index in [1.165, 1.54) is 5.39 Å². The number of benzene rings is 1. The molecule has 0 aliphatic heterocycles. The summed E-state index contributed by atoms with van der Waals surface area (Å²) in [7, 11) is 1.84. The van der Waals surface area contributed by atoms with Gasteiger partial charge < -0.3 is 10.7 Å². The van der Waals surface area contributed by atoms with Crippen molar-refractivity contribution in [3.05, 3.63) is 36.5 Å². The van der Waals surface area contributed by atoms with Crippen molar-refractivity contribution in [3.8, 4) is 11.3 Å². The van der Waals surface area contributed by atoms with Gasteiger partial charge in [0, 0.05) is 35.8 Å². The van der Waals surface area contributed by atoms with Crippen molar-refractivity contribution >= 4 is 16.7 Å². The Bertz CT molecular complexity index is 628. The summed E-state index contributed by atoms with van der Waals surface area (Å²) in [5, 5.41) is 5.54. The van der Waals surface area contributed by atoms with Crippen molar-refractivity contribution in [1.82, 2.24) is 14.8 Å². The van der Waals surface area contributed by atoms with Gasteiger partial charge in [-0.15, -0.1) is 0 Å². The van der Waals surface area contributed by atoms with Crippen LogP contribution in [0.4, 0.5) is 5.82 Å². The van der Waals surface area contributed by atoms with Gasteiger partial charge in [0.2, 0.25) is 0 Å². The molecule has 1 aromatic carbocycles. The molecule has 80 valence electrons. The number of hydrogen-bond donors (Lipinski definition) is 2. The van der Waals surface area contributed by atoms with Gasteiger partial charge in [0.25, 0.3) is 0 Å². The molecule has 0 saturated carbocycles. The van der Waals surface area contributed by atoms with Crippen LogP contribution in [0.1, 0.15) is 0 Å². The van der Waals surface area contributed by atoms with E-state index in [1.807, 2.05) is 31.4 Å². The summed E-state index contributed by atoms with van der Waals surface area (Å²) in [4.78, 5) is 3.16. The summed E-state index contributed by atoms with van der Waals surface area (Å²) >= 11 is 0. The molecule has 0 atom stereocenters. The number of aryl methyl sites for hydroxylation is 1. The van der Waals surface area contributed by atoms with Crippen molar-refractivity contribution in [1.29, 1.82) is 0 Å². The lowest BCUT2D eigenvalue weighted by molar-refractivity contribution is 0.782. The average molecular weight is 212 g/mol. The van der Waals surface area contributed by atoms with Crippen LogP contribution in [0, 0.1) is 0 Å². The number of nitrogens with two attached hydrogens (primary N) is 1. The smallest absolute Gasteiger partial charge is 0.121 e. The van der Waals surface area contributed by atoms with Crippen LogP contribution in [0.2, 0.25) is 0 Å². The monoisotopic (exact) mass is 212 g/mol. The van der Waals surface area contributed by atoms with Crippen LogP contribution in [0.3, 0.4) is 0 Å². The van der Waals surface area contributed by atoms with Gasteiger partial charge in [0.1, 0.15) is 5.82 Å². The first-order valence-electron chi connectivity index (χ1n) is 5.11. The van der Waals surface area contributed by atoms with E-state index in [0.29, 0.717) is 5.82 Å². The van der Waals surface area contributed by atoms with Gasteiger partial charge in [0.05, 0.1) is 5.69 Å². The summed E-state index contributed by atoms with van der Waals surface area (Å²) in [6, 6.07) is 10.1. The first-order valence-corrected chi connectivity index (χ1v) is 5.11. The summed E-state index contributed by atoms with van der Waals surface area (Å²) < 4.78 is 1.68. The Morgan fingerprint density at radius 2 is 2.12 bits per heavy atom. The maximum atomic E-state index is 5.76. The minimum Gasteiger partial charge on any atom is -0.384 e. The van der Waals surface area contributed by atoms with E-state index < -0.39 is 0 Å². The highest BCUT2D eigenvalue weighted by molar-refractivity contribution is 5.84. The second kappa shape index (κ2) is 3.13. The highest BCUT2D eigenvalue weighted by Crippen LogP contribution is 2.23. The van der Waals surface area contributed by atoms with Gasteiger partial charge >= 0.3 is 0 Å². The lowest BCUT2D eigenvalue weighted by Gasteiger charge is -1.96. The van der Waals surface area contributed by atoms with Gasteiger partial charge in [-0.1, -0.05) is 6.07 Å². The van der Waals surface area contributed by atoms with Crippen LogP contribution >= 0.6 is 0 Å². The first-order chi connectivity index (χ1) is 7.74. The molecule has 0 unspecified atom stereocenters. The Morgan fingerprint density at radius 1 is 1.25 bits per heavy atom. The number of hydrogen-bond acceptors (Lipinski definition) is 2. The van der Waals surface area contributed by atoms with E-state index in [9.17, 15) is 0 Å². The third-order valence-corrected chi connectivity index (χ3v) is 2.77. The summed E-state index contributed by atoms with van der Waals surface area (Å²) in [6.45, 7) is 0. The lowest BCUT2D eigenvalue weighted by Crippen LogP contribution is -1.96. The molecule has 4 heteroatoms. The maximum Gasteiger partial charge on any atom is 0.121 e. The third kappa shape index (κ3) is 1.27. The molecule has 0 saturated heterocycles. The van der Waals surface area contributed by atoms with Crippen LogP contribution in [0.15, 0.2) is 36.5 Å². The molecule has 0 bridgehead atoms. The fraction of sp³-hybridized carbons (Fsp3) is 0.0833. The number of aromatic nitrogens is 3. The molecule has 0 radical (unpaired) electrons. The molecule has 3 aromatic rings. The topological polar surface area (TPSA) is 59.6 Å². The predicted octanol–water partition coefficient (Wildman–Crippen LogP) is 2.15. The Hall–Kier alpha value is -2.23. The Labute approximate surface area is 92.7 Å². The Kier molecular flexibility index (Phi) is 1.77. The second-order valence-corrected chi connectivity index (χ2v) is 3.86. The van der Waals surface area contributed by atoms with Crippen LogP contribution < -0.4 is 5.73 Å². The van der Waals surface area contributed by atoms with Crippen molar-refractivity contribution in [2.45, 2.75) is 0 Å². The third-order valence-electron chi connectivity index (χ3n) is 2.77. The molecule has 3 rings (SSSR count). The number of aromatic amines is 1. The zero-order valence-corrected chi connectivity index (χ0v) is 8.94. The van der Waals surface area contributed by atoms with Crippen LogP contribution in [-0.2, 0) is 7.05 Å². The van der Waals surface area contributed by atoms with Gasteiger partial charge in [-0.3, -0.25) is 4.68 Å². The quantitative estimate of drug-likeness (QED) is 0.649. The average Bonchev–Trinajstić information content (AvgIpc) is 2.85. The molecule has 2 aromatic heterocycles. The molecule has 0 aliphatic rings. The van der Waals surface area contributed by atoms with E-state index in [2.05, 4.69) is 22.2 Å². The number of fused-ring (bicyclic) bond motifs is 1. The lowest BCUT2D eigenvalue weighted by atomic mass is 10.1. The van der Waals surface area contributed by atoms with E-state index in [0.717, 1.165) is 16.8 Å². The van der Waals surface area contributed by atoms with Crippen LogP contribution in [0.25, 0.3) is 22.2 Å². The molecular weight excluding hydrogens is 200 g/mol. The molecule has 0 aliphatic carbocycles. The second-order valence-electron chi connectivity index (χ2n) is 3.86. The Morgan fingerprint density at radius 3 is 2.88 bits per heavy atom. The molecule has 0 fully saturated rings. The normalized spacial score (nSPS) is 11.1. The summed E-state index contributed by atoms with van der Waals surface area (Å²) in [5.41, 5.74) is 8.89. The molecule has 16 heavy (non-hydrogen) atoms. The minimum absolute atomic E-state index is 0.671. The van der Waals surface area contributed by atoms with Crippen LogP contribution in [0.5, 0.6) is 0 Å². The first kappa shape index (κ1) is 9.03. The van der Waals surface area contributed by atoms with E-state index >= 15 is 0 Å². The minimum atomic E-state index is 0.671. The van der Waals surface area contributed by atoms with Crippen LogP contribution in [-0.4, -0.2) is 14.8 Å². The SMILES string of the molecule is Cn1nc(-c2ccc3[nH]ccc3c2)cc1N.